The summed E-state index contributed by atoms with van der Waals surface area (Å²) in [5, 5.41) is 0.683. The summed E-state index contributed by atoms with van der Waals surface area (Å²) in [5.41, 5.74) is -0.0860. The summed E-state index contributed by atoms with van der Waals surface area (Å²) in [7, 11) is 0. The maximum Gasteiger partial charge on any atom is 0.162 e. The lowest BCUT2D eigenvalue weighted by atomic mass is 10.1. The molecular formula is C12H9BrF2O. The third kappa shape index (κ3) is 3.14. The average molecular weight is 287 g/mol. The van der Waals surface area contributed by atoms with Crippen molar-refractivity contribution < 1.29 is 13.6 Å². The highest BCUT2D eigenvalue weighted by Gasteiger charge is 2.11. The Bertz CT molecular complexity index is 472. The van der Waals surface area contributed by atoms with Gasteiger partial charge < -0.3 is 0 Å². The van der Waals surface area contributed by atoms with Gasteiger partial charge in [-0.15, -0.1) is 0 Å². The number of benzene rings is 1. The van der Waals surface area contributed by atoms with Gasteiger partial charge in [0.05, 0.1) is 11.1 Å². The fourth-order valence-corrected chi connectivity index (χ4v) is 1.32. The first-order valence-electron chi connectivity index (χ1n) is 4.61. The first-order chi connectivity index (χ1) is 7.56. The molecule has 1 aromatic rings. The standard InChI is InChI=1S/C12H9BrF2O/c1-8(16)10-6-9(4-2-3-5-13)11(14)7-12(10)15/h6-7H,3,5H2,1H3. The molecule has 0 spiro atoms. The molecule has 0 heterocycles. The number of ketones is 1. The second kappa shape index (κ2) is 5.76. The highest BCUT2D eigenvalue weighted by molar-refractivity contribution is 9.09. The Kier molecular flexibility index (Phi) is 4.63. The zero-order valence-corrected chi connectivity index (χ0v) is 10.2. The molecule has 0 aliphatic heterocycles. The number of hydrogen-bond acceptors (Lipinski definition) is 1. The van der Waals surface area contributed by atoms with Crippen molar-refractivity contribution in [3.8, 4) is 11.8 Å². The van der Waals surface area contributed by atoms with Crippen LogP contribution in [0, 0.1) is 23.5 Å². The Labute approximate surface area is 101 Å². The van der Waals surface area contributed by atoms with Crippen molar-refractivity contribution >= 4 is 21.7 Å². The molecule has 0 radical (unpaired) electrons. The summed E-state index contributed by atoms with van der Waals surface area (Å²) >= 11 is 3.18. The molecule has 0 atom stereocenters. The molecular weight excluding hydrogens is 278 g/mol. The molecule has 0 unspecified atom stereocenters. The Morgan fingerprint density at radius 2 is 2.06 bits per heavy atom. The van der Waals surface area contributed by atoms with Crippen molar-refractivity contribution in [2.24, 2.45) is 0 Å². The summed E-state index contributed by atoms with van der Waals surface area (Å²) in [6.07, 6.45) is 0.562. The van der Waals surface area contributed by atoms with Crippen molar-refractivity contribution in [2.45, 2.75) is 13.3 Å². The fraction of sp³-hybridized carbons (Fsp3) is 0.250. The summed E-state index contributed by atoms with van der Waals surface area (Å²) in [4.78, 5) is 11.0. The first-order valence-corrected chi connectivity index (χ1v) is 5.73. The van der Waals surface area contributed by atoms with Crippen LogP contribution >= 0.6 is 15.9 Å². The topological polar surface area (TPSA) is 17.1 Å². The van der Waals surface area contributed by atoms with Crippen molar-refractivity contribution in [2.75, 3.05) is 5.33 Å². The summed E-state index contributed by atoms with van der Waals surface area (Å²) in [5.74, 6) is 3.23. The monoisotopic (exact) mass is 286 g/mol. The third-order valence-electron chi connectivity index (χ3n) is 1.88. The van der Waals surface area contributed by atoms with Gasteiger partial charge in [-0.05, 0) is 13.0 Å². The lowest BCUT2D eigenvalue weighted by molar-refractivity contribution is 0.101. The molecule has 1 nitrogen and oxygen atoms in total. The van der Waals surface area contributed by atoms with Crippen molar-refractivity contribution in [1.29, 1.82) is 0 Å². The minimum atomic E-state index is -0.851. The van der Waals surface area contributed by atoms with E-state index in [1.54, 1.807) is 0 Å². The smallest absolute Gasteiger partial charge is 0.162 e. The Morgan fingerprint density at radius 1 is 1.38 bits per heavy atom. The van der Waals surface area contributed by atoms with E-state index in [-0.39, 0.29) is 11.1 Å². The summed E-state index contributed by atoms with van der Waals surface area (Å²) in [6, 6.07) is 1.84. The van der Waals surface area contributed by atoms with E-state index in [9.17, 15) is 13.6 Å². The van der Waals surface area contributed by atoms with Gasteiger partial charge in [0.1, 0.15) is 11.6 Å². The zero-order chi connectivity index (χ0) is 12.1. The van der Waals surface area contributed by atoms with Gasteiger partial charge in [-0.3, -0.25) is 4.79 Å². The second-order valence-electron chi connectivity index (χ2n) is 3.11. The van der Waals surface area contributed by atoms with Crippen LogP contribution in [0.25, 0.3) is 0 Å². The molecule has 1 aromatic carbocycles. The molecule has 1 rings (SSSR count). The molecule has 0 aromatic heterocycles. The number of rotatable bonds is 2. The van der Waals surface area contributed by atoms with E-state index in [0.717, 1.165) is 6.07 Å². The van der Waals surface area contributed by atoms with E-state index in [0.29, 0.717) is 17.8 Å². The molecule has 16 heavy (non-hydrogen) atoms. The van der Waals surface area contributed by atoms with Crippen LogP contribution in [0.15, 0.2) is 12.1 Å². The predicted molar refractivity (Wildman–Crippen MR) is 61.7 cm³/mol. The van der Waals surface area contributed by atoms with Crippen LogP contribution in [0.1, 0.15) is 29.3 Å². The van der Waals surface area contributed by atoms with Gasteiger partial charge in [-0.25, -0.2) is 8.78 Å². The number of halogens is 3. The van der Waals surface area contributed by atoms with E-state index in [1.807, 2.05) is 0 Å². The Morgan fingerprint density at radius 3 is 2.62 bits per heavy atom. The van der Waals surface area contributed by atoms with E-state index < -0.39 is 17.4 Å². The number of Topliss-reactive ketones (excluding diaryl/α,β-unsaturated/α-hetero) is 1. The third-order valence-corrected chi connectivity index (χ3v) is 2.28. The molecule has 0 amide bonds. The van der Waals surface area contributed by atoms with Crippen LogP contribution in [0.4, 0.5) is 8.78 Å². The maximum absolute atomic E-state index is 13.3. The van der Waals surface area contributed by atoms with E-state index in [1.165, 1.54) is 6.92 Å². The van der Waals surface area contributed by atoms with Crippen LogP contribution in [-0.4, -0.2) is 11.1 Å². The van der Waals surface area contributed by atoms with Gasteiger partial charge in [-0.2, -0.15) is 0 Å². The summed E-state index contributed by atoms with van der Waals surface area (Å²) < 4.78 is 26.4. The number of carbonyl (C=O) groups is 1. The van der Waals surface area contributed by atoms with Gasteiger partial charge in [-0.1, -0.05) is 27.8 Å². The Balaban J connectivity index is 3.16. The average Bonchev–Trinajstić information content (AvgIpc) is 2.21. The minimum absolute atomic E-state index is 0.0487. The first kappa shape index (κ1) is 12.9. The van der Waals surface area contributed by atoms with Crippen LogP contribution in [-0.2, 0) is 0 Å². The molecule has 0 bridgehead atoms. The van der Waals surface area contributed by atoms with Crippen molar-refractivity contribution in [3.63, 3.8) is 0 Å². The van der Waals surface area contributed by atoms with Gasteiger partial charge >= 0.3 is 0 Å². The van der Waals surface area contributed by atoms with Gasteiger partial charge in [0.15, 0.2) is 5.78 Å². The number of carbonyl (C=O) groups excluding carboxylic acids is 1. The predicted octanol–water partition coefficient (Wildman–Crippen LogP) is 3.30. The summed E-state index contributed by atoms with van der Waals surface area (Å²) in [6.45, 7) is 1.23. The lowest BCUT2D eigenvalue weighted by Crippen LogP contribution is -2.00. The van der Waals surface area contributed by atoms with Crippen molar-refractivity contribution in [3.05, 3.63) is 34.9 Å². The van der Waals surface area contributed by atoms with Gasteiger partial charge in [0, 0.05) is 17.8 Å². The van der Waals surface area contributed by atoms with Crippen LogP contribution in [0.5, 0.6) is 0 Å². The Hall–Kier alpha value is -1.21. The highest BCUT2D eigenvalue weighted by atomic mass is 79.9. The minimum Gasteiger partial charge on any atom is -0.294 e. The molecule has 0 fully saturated rings. The lowest BCUT2D eigenvalue weighted by Gasteiger charge is -2.00. The zero-order valence-electron chi connectivity index (χ0n) is 8.61. The van der Waals surface area contributed by atoms with Crippen LogP contribution in [0.2, 0.25) is 0 Å². The van der Waals surface area contributed by atoms with Crippen molar-refractivity contribution in [1.82, 2.24) is 0 Å². The van der Waals surface area contributed by atoms with E-state index >= 15 is 0 Å². The number of alkyl halides is 1. The molecule has 0 saturated heterocycles. The molecule has 84 valence electrons. The molecule has 0 saturated carbocycles. The molecule has 0 aliphatic rings. The van der Waals surface area contributed by atoms with E-state index in [4.69, 9.17) is 0 Å². The maximum atomic E-state index is 13.3. The molecule has 0 N–H and O–H groups in total. The number of hydrogen-bond donors (Lipinski definition) is 0. The SMILES string of the molecule is CC(=O)c1cc(C#CCCBr)c(F)cc1F. The highest BCUT2D eigenvalue weighted by Crippen LogP contribution is 2.14. The fourth-order valence-electron chi connectivity index (χ4n) is 1.12. The molecule has 0 aliphatic carbocycles. The van der Waals surface area contributed by atoms with E-state index in [2.05, 4.69) is 27.8 Å². The normalized spacial score (nSPS) is 9.50. The van der Waals surface area contributed by atoms with Crippen LogP contribution < -0.4 is 0 Å². The second-order valence-corrected chi connectivity index (χ2v) is 3.90. The molecule has 4 heteroatoms. The van der Waals surface area contributed by atoms with Gasteiger partial charge in [0.25, 0.3) is 0 Å². The largest absolute Gasteiger partial charge is 0.294 e. The van der Waals surface area contributed by atoms with Crippen LogP contribution in [0.3, 0.4) is 0 Å². The van der Waals surface area contributed by atoms with Gasteiger partial charge in [0.2, 0.25) is 0 Å². The quantitative estimate of drug-likeness (QED) is 0.463.